The highest BCUT2D eigenvalue weighted by Crippen LogP contribution is 1.93. The maximum absolute atomic E-state index is 4.83. The molecule has 0 fully saturated rings. The Morgan fingerprint density at radius 1 is 1.46 bits per heavy atom. The third-order valence-electron chi connectivity index (χ3n) is 1.59. The summed E-state index contributed by atoms with van der Waals surface area (Å²) in [4.78, 5) is 6.19. The summed E-state index contributed by atoms with van der Waals surface area (Å²) in [7, 11) is 4.08. The molecule has 0 saturated heterocycles. The molecule has 0 saturated carbocycles. The van der Waals surface area contributed by atoms with Crippen LogP contribution >= 0.6 is 0 Å². The molecule has 1 rings (SSSR count). The van der Waals surface area contributed by atoms with E-state index < -0.39 is 0 Å². The van der Waals surface area contributed by atoms with Gasteiger partial charge in [-0.25, -0.2) is 0 Å². The second-order valence-corrected chi connectivity index (χ2v) is 3.21. The number of hydrogen-bond acceptors (Lipinski definition) is 5. The van der Waals surface area contributed by atoms with Crippen molar-refractivity contribution in [2.45, 2.75) is 13.5 Å². The second kappa shape index (κ2) is 4.94. The van der Waals surface area contributed by atoms with Gasteiger partial charge in [0.1, 0.15) is 0 Å². The Bertz CT molecular complexity index is 246. The van der Waals surface area contributed by atoms with Crippen LogP contribution in [-0.2, 0) is 6.54 Å². The highest BCUT2D eigenvalue weighted by atomic mass is 16.5. The summed E-state index contributed by atoms with van der Waals surface area (Å²) in [5, 5.41) is 6.99. The second-order valence-electron chi connectivity index (χ2n) is 3.21. The Morgan fingerprint density at radius 2 is 2.23 bits per heavy atom. The van der Waals surface area contributed by atoms with Crippen LogP contribution in [0.4, 0.5) is 0 Å². The summed E-state index contributed by atoms with van der Waals surface area (Å²) in [6.45, 7) is 4.40. The average Bonchev–Trinajstić information content (AvgIpc) is 2.45. The zero-order valence-electron chi connectivity index (χ0n) is 8.37. The lowest BCUT2D eigenvalue weighted by Gasteiger charge is -2.08. The zero-order valence-corrected chi connectivity index (χ0v) is 8.37. The summed E-state index contributed by atoms with van der Waals surface area (Å²) in [5.74, 6) is 1.33. The normalized spacial score (nSPS) is 11.1. The van der Waals surface area contributed by atoms with Crippen LogP contribution in [0.1, 0.15) is 11.7 Å². The molecule has 0 amide bonds. The lowest BCUT2D eigenvalue weighted by molar-refractivity contribution is 0.379. The van der Waals surface area contributed by atoms with Gasteiger partial charge in [-0.05, 0) is 14.1 Å². The van der Waals surface area contributed by atoms with E-state index in [9.17, 15) is 0 Å². The molecular formula is C8H16N4O. The molecule has 74 valence electrons. The molecule has 1 N–H and O–H groups in total. The summed E-state index contributed by atoms with van der Waals surface area (Å²) in [6.07, 6.45) is 0. The minimum atomic E-state index is 0.615. The van der Waals surface area contributed by atoms with Gasteiger partial charge in [0.15, 0.2) is 5.82 Å². The Balaban J connectivity index is 2.13. The van der Waals surface area contributed by atoms with Crippen molar-refractivity contribution in [1.82, 2.24) is 20.4 Å². The number of nitrogens with one attached hydrogen (secondary N) is 1. The fourth-order valence-electron chi connectivity index (χ4n) is 0.916. The van der Waals surface area contributed by atoms with Gasteiger partial charge in [0, 0.05) is 20.0 Å². The van der Waals surface area contributed by atoms with Crippen molar-refractivity contribution in [3.8, 4) is 0 Å². The largest absolute Gasteiger partial charge is 0.340 e. The van der Waals surface area contributed by atoms with Crippen LogP contribution in [0.25, 0.3) is 0 Å². The minimum Gasteiger partial charge on any atom is -0.340 e. The van der Waals surface area contributed by atoms with Gasteiger partial charge < -0.3 is 14.7 Å². The first kappa shape index (κ1) is 10.1. The van der Waals surface area contributed by atoms with Crippen LogP contribution in [0.2, 0.25) is 0 Å². The molecule has 5 nitrogen and oxygen atoms in total. The minimum absolute atomic E-state index is 0.615. The maximum atomic E-state index is 4.83. The summed E-state index contributed by atoms with van der Waals surface area (Å²) >= 11 is 0. The maximum Gasteiger partial charge on any atom is 0.223 e. The molecule has 0 aliphatic heterocycles. The van der Waals surface area contributed by atoms with E-state index in [4.69, 9.17) is 4.52 Å². The molecule has 0 aromatic carbocycles. The predicted molar refractivity (Wildman–Crippen MR) is 49.3 cm³/mol. The van der Waals surface area contributed by atoms with Gasteiger partial charge in [-0.1, -0.05) is 5.16 Å². The Hall–Kier alpha value is -0.940. The van der Waals surface area contributed by atoms with E-state index in [0.29, 0.717) is 12.4 Å². The molecule has 5 heteroatoms. The molecule has 0 aliphatic carbocycles. The van der Waals surface area contributed by atoms with Crippen LogP contribution in [0.3, 0.4) is 0 Å². The van der Waals surface area contributed by atoms with E-state index in [0.717, 1.165) is 18.9 Å². The van der Waals surface area contributed by atoms with E-state index in [2.05, 4.69) is 20.4 Å². The predicted octanol–water partition coefficient (Wildman–Crippen LogP) is 0.0292. The zero-order chi connectivity index (χ0) is 9.68. The summed E-state index contributed by atoms with van der Waals surface area (Å²) < 4.78 is 4.83. The highest BCUT2D eigenvalue weighted by molar-refractivity contribution is 4.82. The first-order valence-electron chi connectivity index (χ1n) is 4.33. The van der Waals surface area contributed by atoms with Crippen molar-refractivity contribution in [3.05, 3.63) is 11.7 Å². The number of rotatable bonds is 5. The number of aryl methyl sites for hydroxylation is 1. The Morgan fingerprint density at radius 3 is 2.77 bits per heavy atom. The number of nitrogens with zero attached hydrogens (tertiary/aromatic N) is 3. The smallest absolute Gasteiger partial charge is 0.223 e. The number of aromatic nitrogens is 2. The summed E-state index contributed by atoms with van der Waals surface area (Å²) in [5.41, 5.74) is 0. The van der Waals surface area contributed by atoms with Crippen LogP contribution < -0.4 is 5.32 Å². The highest BCUT2D eigenvalue weighted by Gasteiger charge is 2.00. The van der Waals surface area contributed by atoms with E-state index in [1.54, 1.807) is 6.92 Å². The van der Waals surface area contributed by atoms with E-state index >= 15 is 0 Å². The monoisotopic (exact) mass is 184 g/mol. The first-order valence-corrected chi connectivity index (χ1v) is 4.33. The van der Waals surface area contributed by atoms with Crippen LogP contribution in [-0.4, -0.2) is 42.2 Å². The fourth-order valence-corrected chi connectivity index (χ4v) is 0.916. The van der Waals surface area contributed by atoms with Crippen molar-refractivity contribution in [2.24, 2.45) is 0 Å². The SMILES string of the molecule is Cc1nc(CNCCN(C)C)no1. The standard InChI is InChI=1S/C8H16N4O/c1-7-10-8(11-13-7)6-9-4-5-12(2)3/h9H,4-6H2,1-3H3. The molecule has 13 heavy (non-hydrogen) atoms. The van der Waals surface area contributed by atoms with Gasteiger partial charge >= 0.3 is 0 Å². The molecule has 0 unspecified atom stereocenters. The number of likely N-dealkylation sites (N-methyl/N-ethyl adjacent to an activating group) is 1. The first-order chi connectivity index (χ1) is 6.18. The molecule has 0 spiro atoms. The van der Waals surface area contributed by atoms with Crippen molar-refractivity contribution in [3.63, 3.8) is 0 Å². The molecule has 0 bridgehead atoms. The number of hydrogen-bond donors (Lipinski definition) is 1. The van der Waals surface area contributed by atoms with Crippen molar-refractivity contribution in [1.29, 1.82) is 0 Å². The molecule has 0 aliphatic rings. The summed E-state index contributed by atoms with van der Waals surface area (Å²) in [6, 6.07) is 0. The van der Waals surface area contributed by atoms with E-state index in [-0.39, 0.29) is 0 Å². The van der Waals surface area contributed by atoms with Crippen LogP contribution in [0.15, 0.2) is 4.52 Å². The third-order valence-corrected chi connectivity index (χ3v) is 1.59. The van der Waals surface area contributed by atoms with Crippen LogP contribution in [0, 0.1) is 6.92 Å². The molecule has 1 heterocycles. The van der Waals surface area contributed by atoms with Gasteiger partial charge in [0.05, 0.1) is 6.54 Å². The van der Waals surface area contributed by atoms with Gasteiger partial charge in [-0.2, -0.15) is 4.98 Å². The third kappa shape index (κ3) is 4.00. The average molecular weight is 184 g/mol. The molecular weight excluding hydrogens is 168 g/mol. The molecule has 1 aromatic rings. The van der Waals surface area contributed by atoms with Crippen LogP contribution in [0.5, 0.6) is 0 Å². The van der Waals surface area contributed by atoms with Gasteiger partial charge in [-0.3, -0.25) is 0 Å². The molecule has 1 aromatic heterocycles. The quantitative estimate of drug-likeness (QED) is 0.654. The molecule has 0 radical (unpaired) electrons. The fraction of sp³-hybridized carbons (Fsp3) is 0.750. The topological polar surface area (TPSA) is 54.2 Å². The van der Waals surface area contributed by atoms with Gasteiger partial charge in [0.25, 0.3) is 0 Å². The van der Waals surface area contributed by atoms with E-state index in [1.165, 1.54) is 0 Å². The Labute approximate surface area is 78.1 Å². The molecule has 0 atom stereocenters. The van der Waals surface area contributed by atoms with E-state index in [1.807, 2.05) is 14.1 Å². The van der Waals surface area contributed by atoms with Gasteiger partial charge in [0.2, 0.25) is 5.89 Å². The Kier molecular flexibility index (Phi) is 3.85. The van der Waals surface area contributed by atoms with Crippen molar-refractivity contribution >= 4 is 0 Å². The van der Waals surface area contributed by atoms with Crippen molar-refractivity contribution in [2.75, 3.05) is 27.2 Å². The van der Waals surface area contributed by atoms with Gasteiger partial charge in [-0.15, -0.1) is 0 Å². The lowest BCUT2D eigenvalue weighted by atomic mass is 10.5. The lowest BCUT2D eigenvalue weighted by Crippen LogP contribution is -2.26. The van der Waals surface area contributed by atoms with Crippen molar-refractivity contribution < 1.29 is 4.52 Å².